The Morgan fingerprint density at radius 1 is 1.24 bits per heavy atom. The lowest BCUT2D eigenvalue weighted by atomic mass is 10.1. The number of carbonyl (C=O) groups excluding carboxylic acids is 1. The van der Waals surface area contributed by atoms with Crippen LogP contribution in [0.25, 0.3) is 22.4 Å². The second-order valence-electron chi connectivity index (χ2n) is 7.69. The van der Waals surface area contributed by atoms with E-state index in [0.29, 0.717) is 58.8 Å². The summed E-state index contributed by atoms with van der Waals surface area (Å²) >= 11 is 0. The van der Waals surface area contributed by atoms with Crippen molar-refractivity contribution in [2.24, 2.45) is 0 Å². The summed E-state index contributed by atoms with van der Waals surface area (Å²) in [5.41, 5.74) is 2.42. The van der Waals surface area contributed by atoms with E-state index in [9.17, 15) is 4.79 Å². The summed E-state index contributed by atoms with van der Waals surface area (Å²) < 4.78 is 22.8. The van der Waals surface area contributed by atoms with Crippen molar-refractivity contribution in [1.29, 1.82) is 0 Å². The summed E-state index contributed by atoms with van der Waals surface area (Å²) in [6.07, 6.45) is 6.30. The Morgan fingerprint density at radius 2 is 2.09 bits per heavy atom. The van der Waals surface area contributed by atoms with Crippen LogP contribution >= 0.6 is 0 Å². The van der Waals surface area contributed by atoms with E-state index in [2.05, 4.69) is 30.6 Å². The van der Waals surface area contributed by atoms with Gasteiger partial charge in [0, 0.05) is 31.6 Å². The topological polar surface area (TPSA) is 136 Å². The highest BCUT2D eigenvalue weighted by molar-refractivity contribution is 5.97. The predicted octanol–water partition coefficient (Wildman–Crippen LogP) is 3.28. The maximum absolute atomic E-state index is 12.0. The standard InChI is InChI=1S/C23H24N6O5/c1-24-21(30)13-3-4-16(17(9-13)31-2)27-23-28-20-19(15(10-26-20)18-11-25-12-33-18)22(29-23)34-14-5-7-32-8-6-14/h3-4,9-12,14H,5-8H2,1-2H3,(H,24,30)(H2,26,27,28,29). The normalized spacial score (nSPS) is 14.2. The Hall–Kier alpha value is -4.12. The van der Waals surface area contributed by atoms with Gasteiger partial charge in [0.1, 0.15) is 17.5 Å². The molecule has 0 bridgehead atoms. The lowest BCUT2D eigenvalue weighted by Gasteiger charge is -2.23. The first-order valence-electron chi connectivity index (χ1n) is 10.9. The molecule has 4 aromatic rings. The van der Waals surface area contributed by atoms with Crippen molar-refractivity contribution in [2.75, 3.05) is 32.7 Å². The maximum Gasteiger partial charge on any atom is 0.251 e. The van der Waals surface area contributed by atoms with Gasteiger partial charge >= 0.3 is 0 Å². The number of hydrogen-bond acceptors (Lipinski definition) is 9. The van der Waals surface area contributed by atoms with Crippen molar-refractivity contribution >= 4 is 28.6 Å². The molecular weight excluding hydrogens is 440 g/mol. The second kappa shape index (κ2) is 9.40. The molecule has 3 N–H and O–H groups in total. The number of H-pyrrole nitrogens is 1. The zero-order valence-corrected chi connectivity index (χ0v) is 18.8. The lowest BCUT2D eigenvalue weighted by molar-refractivity contribution is 0.0244. The van der Waals surface area contributed by atoms with Gasteiger partial charge in [-0.2, -0.15) is 9.97 Å². The molecule has 1 aliphatic rings. The molecule has 1 fully saturated rings. The van der Waals surface area contributed by atoms with Gasteiger partial charge in [-0.05, 0) is 18.2 Å². The summed E-state index contributed by atoms with van der Waals surface area (Å²) in [5, 5.41) is 6.49. The molecule has 0 saturated carbocycles. The molecule has 1 aliphatic heterocycles. The van der Waals surface area contributed by atoms with Crippen molar-refractivity contribution in [1.82, 2.24) is 25.3 Å². The number of benzene rings is 1. The molecule has 34 heavy (non-hydrogen) atoms. The van der Waals surface area contributed by atoms with Gasteiger partial charge < -0.3 is 34.2 Å². The molecule has 176 valence electrons. The number of anilines is 2. The molecular formula is C23H24N6O5. The second-order valence-corrected chi connectivity index (χ2v) is 7.69. The third-order valence-corrected chi connectivity index (χ3v) is 5.58. The number of oxazole rings is 1. The van der Waals surface area contributed by atoms with Crippen molar-refractivity contribution < 1.29 is 23.4 Å². The van der Waals surface area contributed by atoms with E-state index in [1.807, 2.05) is 0 Å². The molecule has 0 radical (unpaired) electrons. The number of hydrogen-bond donors (Lipinski definition) is 3. The van der Waals surface area contributed by atoms with Crippen LogP contribution in [0, 0.1) is 0 Å². The summed E-state index contributed by atoms with van der Waals surface area (Å²) in [6, 6.07) is 5.08. The Balaban J connectivity index is 1.54. The molecule has 1 amide bonds. The monoisotopic (exact) mass is 464 g/mol. The molecule has 0 atom stereocenters. The Bertz CT molecular complexity index is 1300. The number of aromatic amines is 1. The fraction of sp³-hybridized carbons (Fsp3) is 0.304. The van der Waals surface area contributed by atoms with Crippen LogP contribution < -0.4 is 20.1 Å². The molecule has 0 aliphatic carbocycles. The van der Waals surface area contributed by atoms with Crippen molar-refractivity contribution in [3.05, 3.63) is 42.5 Å². The van der Waals surface area contributed by atoms with Crippen LogP contribution in [0.1, 0.15) is 23.2 Å². The van der Waals surface area contributed by atoms with Gasteiger partial charge in [0.15, 0.2) is 12.2 Å². The predicted molar refractivity (Wildman–Crippen MR) is 124 cm³/mol. The highest BCUT2D eigenvalue weighted by Crippen LogP contribution is 2.36. The first kappa shape index (κ1) is 21.7. The van der Waals surface area contributed by atoms with Gasteiger partial charge in [0.2, 0.25) is 11.8 Å². The molecule has 1 saturated heterocycles. The zero-order valence-electron chi connectivity index (χ0n) is 18.8. The highest BCUT2D eigenvalue weighted by Gasteiger charge is 2.23. The van der Waals surface area contributed by atoms with E-state index < -0.39 is 0 Å². The average Bonchev–Trinajstić information content (AvgIpc) is 3.54. The Morgan fingerprint density at radius 3 is 2.82 bits per heavy atom. The number of carbonyl (C=O) groups is 1. The van der Waals surface area contributed by atoms with Crippen LogP contribution in [-0.2, 0) is 4.74 Å². The van der Waals surface area contributed by atoms with E-state index in [0.717, 1.165) is 18.4 Å². The van der Waals surface area contributed by atoms with Crippen LogP contribution in [0.2, 0.25) is 0 Å². The van der Waals surface area contributed by atoms with Gasteiger partial charge in [-0.1, -0.05) is 0 Å². The number of amides is 1. The minimum absolute atomic E-state index is 0.0291. The number of fused-ring (bicyclic) bond motifs is 1. The minimum atomic E-state index is -0.207. The lowest BCUT2D eigenvalue weighted by Crippen LogP contribution is -2.26. The van der Waals surface area contributed by atoms with Crippen LogP contribution in [0.5, 0.6) is 11.6 Å². The highest BCUT2D eigenvalue weighted by atomic mass is 16.5. The number of nitrogens with zero attached hydrogens (tertiary/aromatic N) is 3. The van der Waals surface area contributed by atoms with Crippen molar-refractivity contribution in [3.63, 3.8) is 0 Å². The number of methoxy groups -OCH3 is 1. The third-order valence-electron chi connectivity index (χ3n) is 5.58. The summed E-state index contributed by atoms with van der Waals surface area (Å²) in [7, 11) is 3.11. The fourth-order valence-electron chi connectivity index (χ4n) is 3.84. The maximum atomic E-state index is 12.0. The molecule has 11 heteroatoms. The molecule has 5 rings (SSSR count). The van der Waals surface area contributed by atoms with E-state index in [-0.39, 0.29) is 12.0 Å². The Kier molecular flexibility index (Phi) is 6.00. The van der Waals surface area contributed by atoms with Crippen LogP contribution in [-0.4, -0.2) is 59.3 Å². The third kappa shape index (κ3) is 4.25. The first-order valence-corrected chi connectivity index (χ1v) is 10.9. The average molecular weight is 464 g/mol. The summed E-state index contributed by atoms with van der Waals surface area (Å²) in [4.78, 5) is 28.5. The van der Waals surface area contributed by atoms with Crippen LogP contribution in [0.4, 0.5) is 11.6 Å². The van der Waals surface area contributed by atoms with E-state index in [1.54, 1.807) is 37.6 Å². The largest absolute Gasteiger partial charge is 0.495 e. The van der Waals surface area contributed by atoms with Gasteiger partial charge in [-0.25, -0.2) is 4.98 Å². The Labute approximate surface area is 194 Å². The van der Waals surface area contributed by atoms with E-state index in [1.165, 1.54) is 13.5 Å². The van der Waals surface area contributed by atoms with E-state index >= 15 is 0 Å². The fourth-order valence-corrected chi connectivity index (χ4v) is 3.84. The summed E-state index contributed by atoms with van der Waals surface area (Å²) in [5.74, 6) is 1.59. The molecule has 4 heterocycles. The van der Waals surface area contributed by atoms with Gasteiger partial charge in [-0.3, -0.25) is 4.79 Å². The molecule has 1 aromatic carbocycles. The molecule has 3 aromatic heterocycles. The molecule has 11 nitrogen and oxygen atoms in total. The minimum Gasteiger partial charge on any atom is -0.495 e. The van der Waals surface area contributed by atoms with Gasteiger partial charge in [-0.15, -0.1) is 0 Å². The smallest absolute Gasteiger partial charge is 0.251 e. The number of ether oxygens (including phenoxy) is 3. The SMILES string of the molecule is CNC(=O)c1ccc(Nc2nc(OC3CCOCC3)c3c(-c4cnco4)c[nH]c3n2)c(OC)c1. The van der Waals surface area contributed by atoms with Gasteiger partial charge in [0.25, 0.3) is 5.91 Å². The first-order chi connectivity index (χ1) is 16.7. The van der Waals surface area contributed by atoms with Crippen molar-refractivity contribution in [3.8, 4) is 23.0 Å². The zero-order chi connectivity index (χ0) is 23.5. The summed E-state index contributed by atoms with van der Waals surface area (Å²) in [6.45, 7) is 1.28. The van der Waals surface area contributed by atoms with Gasteiger partial charge in [0.05, 0.1) is 43.2 Å². The van der Waals surface area contributed by atoms with E-state index in [4.69, 9.17) is 18.6 Å². The number of aromatic nitrogens is 4. The molecule has 0 spiro atoms. The van der Waals surface area contributed by atoms with Crippen molar-refractivity contribution in [2.45, 2.75) is 18.9 Å². The molecule has 0 unspecified atom stereocenters. The quantitative estimate of drug-likeness (QED) is 0.376. The number of rotatable bonds is 7. The van der Waals surface area contributed by atoms with Crippen LogP contribution in [0.3, 0.4) is 0 Å². The van der Waals surface area contributed by atoms with Crippen LogP contribution in [0.15, 0.2) is 41.4 Å². The number of nitrogens with one attached hydrogen (secondary N) is 3.